The second-order valence-corrected chi connectivity index (χ2v) is 6.73. The van der Waals surface area contributed by atoms with E-state index in [0.717, 1.165) is 29.7 Å². The Morgan fingerprint density at radius 2 is 1.89 bits per heavy atom. The van der Waals surface area contributed by atoms with E-state index in [4.69, 9.17) is 28.9 Å². The van der Waals surface area contributed by atoms with Crippen LogP contribution in [0.1, 0.15) is 43.7 Å². The number of hydrogen-bond acceptors (Lipinski definition) is 1. The molecule has 2 aliphatic rings. The zero-order valence-corrected chi connectivity index (χ0v) is 11.9. The minimum atomic E-state index is -0.0180. The quantitative estimate of drug-likeness (QED) is 0.846. The average molecular weight is 284 g/mol. The lowest BCUT2D eigenvalue weighted by Gasteiger charge is -2.25. The molecule has 0 radical (unpaired) electrons. The average Bonchev–Trinajstić information content (AvgIpc) is 2.90. The van der Waals surface area contributed by atoms with Crippen LogP contribution >= 0.6 is 23.2 Å². The molecule has 2 N–H and O–H groups in total. The SMILES string of the molecule is NC(CC1CC2CCC1C2)c1c(Cl)cccc1Cl. The van der Waals surface area contributed by atoms with Gasteiger partial charge in [0.25, 0.3) is 0 Å². The highest BCUT2D eigenvalue weighted by molar-refractivity contribution is 6.36. The van der Waals surface area contributed by atoms with Crippen LogP contribution in [0.2, 0.25) is 10.0 Å². The molecule has 0 amide bonds. The van der Waals surface area contributed by atoms with Gasteiger partial charge in [-0.15, -0.1) is 0 Å². The van der Waals surface area contributed by atoms with Crippen molar-refractivity contribution in [3.05, 3.63) is 33.8 Å². The van der Waals surface area contributed by atoms with Crippen LogP contribution in [0, 0.1) is 17.8 Å². The van der Waals surface area contributed by atoms with E-state index in [1.807, 2.05) is 18.2 Å². The minimum absolute atomic E-state index is 0.0180. The number of hydrogen-bond donors (Lipinski definition) is 1. The molecular formula is C15H19Cl2N. The Morgan fingerprint density at radius 3 is 2.44 bits per heavy atom. The summed E-state index contributed by atoms with van der Waals surface area (Å²) in [4.78, 5) is 0. The van der Waals surface area contributed by atoms with Crippen molar-refractivity contribution >= 4 is 23.2 Å². The summed E-state index contributed by atoms with van der Waals surface area (Å²) < 4.78 is 0. The molecule has 1 nitrogen and oxygen atoms in total. The maximum Gasteiger partial charge on any atom is 0.0468 e. The fourth-order valence-corrected chi connectivity index (χ4v) is 4.65. The van der Waals surface area contributed by atoms with Crippen molar-refractivity contribution < 1.29 is 0 Å². The first-order valence-electron chi connectivity index (χ1n) is 6.84. The Kier molecular flexibility index (Phi) is 3.57. The van der Waals surface area contributed by atoms with Crippen LogP contribution in [-0.4, -0.2) is 0 Å². The number of fused-ring (bicyclic) bond motifs is 2. The Hall–Kier alpha value is -0.240. The third-order valence-electron chi connectivity index (χ3n) is 4.81. The third-order valence-corrected chi connectivity index (χ3v) is 5.47. The summed E-state index contributed by atoms with van der Waals surface area (Å²) in [7, 11) is 0. The lowest BCUT2D eigenvalue weighted by atomic mass is 9.83. The van der Waals surface area contributed by atoms with Crippen molar-refractivity contribution in [1.29, 1.82) is 0 Å². The zero-order chi connectivity index (χ0) is 12.7. The van der Waals surface area contributed by atoms with E-state index in [1.165, 1.54) is 25.7 Å². The minimum Gasteiger partial charge on any atom is -0.324 e. The summed E-state index contributed by atoms with van der Waals surface area (Å²) >= 11 is 12.4. The third kappa shape index (κ3) is 2.29. The van der Waals surface area contributed by atoms with E-state index in [1.54, 1.807) is 0 Å². The van der Waals surface area contributed by atoms with Gasteiger partial charge in [0.05, 0.1) is 0 Å². The number of halogens is 2. The molecular weight excluding hydrogens is 265 g/mol. The van der Waals surface area contributed by atoms with Gasteiger partial charge < -0.3 is 5.73 Å². The zero-order valence-electron chi connectivity index (χ0n) is 10.4. The van der Waals surface area contributed by atoms with Gasteiger partial charge in [0, 0.05) is 21.7 Å². The van der Waals surface area contributed by atoms with Crippen LogP contribution in [0.4, 0.5) is 0 Å². The van der Waals surface area contributed by atoms with Gasteiger partial charge in [0.15, 0.2) is 0 Å². The van der Waals surface area contributed by atoms with Gasteiger partial charge in [0.2, 0.25) is 0 Å². The van der Waals surface area contributed by atoms with Crippen molar-refractivity contribution in [3.8, 4) is 0 Å². The van der Waals surface area contributed by atoms with Crippen LogP contribution in [-0.2, 0) is 0 Å². The van der Waals surface area contributed by atoms with Crippen LogP contribution in [0.3, 0.4) is 0 Å². The molecule has 0 spiro atoms. The molecule has 0 saturated heterocycles. The summed E-state index contributed by atoms with van der Waals surface area (Å²) in [6.07, 6.45) is 6.65. The van der Waals surface area contributed by atoms with Crippen molar-refractivity contribution in [3.63, 3.8) is 0 Å². The summed E-state index contributed by atoms with van der Waals surface area (Å²) in [6, 6.07) is 5.61. The first-order chi connectivity index (χ1) is 8.65. The molecule has 2 saturated carbocycles. The molecule has 1 aromatic carbocycles. The maximum absolute atomic E-state index is 6.34. The molecule has 3 rings (SSSR count). The molecule has 0 aliphatic heterocycles. The highest BCUT2D eigenvalue weighted by Crippen LogP contribution is 2.51. The van der Waals surface area contributed by atoms with Gasteiger partial charge >= 0.3 is 0 Å². The molecule has 18 heavy (non-hydrogen) atoms. The van der Waals surface area contributed by atoms with Gasteiger partial charge in [-0.25, -0.2) is 0 Å². The smallest absolute Gasteiger partial charge is 0.0468 e. The lowest BCUT2D eigenvalue weighted by Crippen LogP contribution is -2.20. The largest absolute Gasteiger partial charge is 0.324 e. The van der Waals surface area contributed by atoms with Gasteiger partial charge in [-0.05, 0) is 55.6 Å². The van der Waals surface area contributed by atoms with Gasteiger partial charge in [-0.3, -0.25) is 0 Å². The molecule has 98 valence electrons. The molecule has 2 bridgehead atoms. The fraction of sp³-hybridized carbons (Fsp3) is 0.600. The van der Waals surface area contributed by atoms with Gasteiger partial charge in [-0.1, -0.05) is 35.7 Å². The predicted molar refractivity (Wildman–Crippen MR) is 76.9 cm³/mol. The Morgan fingerprint density at radius 1 is 1.17 bits per heavy atom. The van der Waals surface area contributed by atoms with Crippen LogP contribution in [0.15, 0.2) is 18.2 Å². The first kappa shape index (κ1) is 12.8. The van der Waals surface area contributed by atoms with Crippen LogP contribution in [0.5, 0.6) is 0 Å². The lowest BCUT2D eigenvalue weighted by molar-refractivity contribution is 0.296. The molecule has 0 aromatic heterocycles. The van der Waals surface area contributed by atoms with Crippen molar-refractivity contribution in [1.82, 2.24) is 0 Å². The summed E-state index contributed by atoms with van der Waals surface area (Å²) in [5.74, 6) is 2.65. The van der Waals surface area contributed by atoms with E-state index in [2.05, 4.69) is 0 Å². The maximum atomic E-state index is 6.34. The molecule has 4 unspecified atom stereocenters. The van der Waals surface area contributed by atoms with Crippen molar-refractivity contribution in [2.24, 2.45) is 23.5 Å². The van der Waals surface area contributed by atoms with E-state index < -0.39 is 0 Å². The molecule has 3 heteroatoms. The molecule has 4 atom stereocenters. The van der Waals surface area contributed by atoms with Gasteiger partial charge in [0.1, 0.15) is 0 Å². The number of nitrogens with two attached hydrogens (primary N) is 1. The van der Waals surface area contributed by atoms with E-state index >= 15 is 0 Å². The number of rotatable bonds is 3. The highest BCUT2D eigenvalue weighted by atomic mass is 35.5. The Bertz CT molecular complexity index is 426. The van der Waals surface area contributed by atoms with Crippen molar-refractivity contribution in [2.75, 3.05) is 0 Å². The van der Waals surface area contributed by atoms with Gasteiger partial charge in [-0.2, -0.15) is 0 Å². The summed E-state index contributed by atoms with van der Waals surface area (Å²) in [5, 5.41) is 1.41. The highest BCUT2D eigenvalue weighted by Gasteiger charge is 2.40. The van der Waals surface area contributed by atoms with Crippen LogP contribution in [0.25, 0.3) is 0 Å². The molecule has 2 aliphatic carbocycles. The summed E-state index contributed by atoms with van der Waals surface area (Å²) in [6.45, 7) is 0. The fourth-order valence-electron chi connectivity index (χ4n) is 3.97. The summed E-state index contributed by atoms with van der Waals surface area (Å²) in [5.41, 5.74) is 7.27. The topological polar surface area (TPSA) is 26.0 Å². The number of benzene rings is 1. The van der Waals surface area contributed by atoms with Crippen molar-refractivity contribution in [2.45, 2.75) is 38.1 Å². The second kappa shape index (κ2) is 5.03. The second-order valence-electron chi connectivity index (χ2n) is 5.91. The molecule has 0 heterocycles. The Labute approximate surface area is 119 Å². The van der Waals surface area contributed by atoms with Crippen LogP contribution < -0.4 is 5.73 Å². The first-order valence-corrected chi connectivity index (χ1v) is 7.60. The van der Waals surface area contributed by atoms with E-state index in [-0.39, 0.29) is 6.04 Å². The van der Waals surface area contributed by atoms with E-state index in [0.29, 0.717) is 10.0 Å². The predicted octanol–water partition coefficient (Wildman–Crippen LogP) is 4.82. The standard InChI is InChI=1S/C15H19Cl2N/c16-12-2-1-3-13(17)15(12)14(18)8-11-7-9-4-5-10(11)6-9/h1-3,9-11,14H,4-8,18H2. The molecule has 2 fully saturated rings. The van der Waals surface area contributed by atoms with E-state index in [9.17, 15) is 0 Å². The molecule has 1 aromatic rings. The normalized spacial score (nSPS) is 31.8. The monoisotopic (exact) mass is 283 g/mol. The Balaban J connectivity index is 1.73.